The van der Waals surface area contributed by atoms with Gasteiger partial charge in [-0.1, -0.05) is 12.1 Å². The molecule has 0 aliphatic rings. The number of rotatable bonds is 5. The molecular formula is C18H23N3S+2. The molecule has 3 nitrogen and oxygen atoms in total. The molecule has 0 aliphatic heterocycles. The Morgan fingerprint density at radius 1 is 1.05 bits per heavy atom. The number of thiazole rings is 1. The van der Waals surface area contributed by atoms with Gasteiger partial charge in [0.1, 0.15) is 5.01 Å². The maximum atomic E-state index is 4.71. The van der Waals surface area contributed by atoms with Gasteiger partial charge in [0.25, 0.3) is 0 Å². The van der Waals surface area contributed by atoms with Gasteiger partial charge in [-0.25, -0.2) is 9.55 Å². The van der Waals surface area contributed by atoms with Crippen LogP contribution < -0.4 is 4.57 Å². The number of hydrogen-bond donors (Lipinski definition) is 0. The summed E-state index contributed by atoms with van der Waals surface area (Å²) < 4.78 is 4.52. The second-order valence-corrected chi connectivity index (χ2v) is 7.71. The highest BCUT2D eigenvalue weighted by molar-refractivity contribution is 7.21. The first-order valence-electron chi connectivity index (χ1n) is 7.67. The van der Waals surface area contributed by atoms with Crippen molar-refractivity contribution >= 4 is 21.6 Å². The minimum Gasteiger partial charge on any atom is -0.331 e. The Hall–Kier alpha value is -1.78. The maximum absolute atomic E-state index is 4.71. The monoisotopic (exact) mass is 313 g/mol. The van der Waals surface area contributed by atoms with Gasteiger partial charge in [-0.2, -0.15) is 0 Å². The van der Waals surface area contributed by atoms with Crippen LogP contribution in [0.25, 0.3) is 20.8 Å². The van der Waals surface area contributed by atoms with E-state index in [0.29, 0.717) is 0 Å². The summed E-state index contributed by atoms with van der Waals surface area (Å²) in [7, 11) is 6.71. The highest BCUT2D eigenvalue weighted by Gasteiger charge is 2.10. The molecule has 0 fully saturated rings. The predicted molar refractivity (Wildman–Crippen MR) is 92.8 cm³/mol. The van der Waals surface area contributed by atoms with Crippen LogP contribution in [0.1, 0.15) is 6.42 Å². The number of quaternary nitrogens is 1. The van der Waals surface area contributed by atoms with Crippen molar-refractivity contribution in [2.24, 2.45) is 0 Å². The van der Waals surface area contributed by atoms with Crippen LogP contribution in [0.2, 0.25) is 0 Å². The van der Waals surface area contributed by atoms with Gasteiger partial charge in [0, 0.05) is 17.7 Å². The average Bonchev–Trinajstić information content (AvgIpc) is 2.90. The van der Waals surface area contributed by atoms with Gasteiger partial charge >= 0.3 is 0 Å². The molecule has 0 aliphatic carbocycles. The molecule has 0 spiro atoms. The van der Waals surface area contributed by atoms with Crippen molar-refractivity contribution < 1.29 is 9.05 Å². The van der Waals surface area contributed by atoms with E-state index in [0.717, 1.165) is 21.6 Å². The average molecular weight is 313 g/mol. The van der Waals surface area contributed by atoms with Crippen molar-refractivity contribution in [2.75, 3.05) is 27.7 Å². The first-order chi connectivity index (χ1) is 10.5. The van der Waals surface area contributed by atoms with Gasteiger partial charge in [0.2, 0.25) is 0 Å². The Labute approximate surface area is 136 Å². The van der Waals surface area contributed by atoms with Crippen LogP contribution in [-0.2, 0) is 6.54 Å². The number of para-hydroxylation sites is 1. The highest BCUT2D eigenvalue weighted by atomic mass is 32.1. The number of hydrogen-bond acceptors (Lipinski definition) is 2. The maximum Gasteiger partial charge on any atom is 0.169 e. The Bertz CT molecular complexity index is 721. The summed E-state index contributed by atoms with van der Waals surface area (Å²) in [5.74, 6) is 0. The SMILES string of the molecule is C[N+](C)(C)CCC[n+]1ccc(-c2nc3ccccc3s2)cc1. The van der Waals surface area contributed by atoms with Crippen molar-refractivity contribution in [3.05, 3.63) is 48.8 Å². The van der Waals surface area contributed by atoms with Crippen LogP contribution in [0.4, 0.5) is 0 Å². The first-order valence-corrected chi connectivity index (χ1v) is 8.48. The number of aryl methyl sites for hydroxylation is 1. The second kappa shape index (κ2) is 6.15. The van der Waals surface area contributed by atoms with E-state index in [4.69, 9.17) is 4.98 Å². The molecule has 2 aromatic heterocycles. The molecule has 0 saturated heterocycles. The van der Waals surface area contributed by atoms with E-state index in [1.165, 1.54) is 23.2 Å². The van der Waals surface area contributed by atoms with Crippen LogP contribution in [-0.4, -0.2) is 37.2 Å². The van der Waals surface area contributed by atoms with Crippen LogP contribution in [0.15, 0.2) is 48.8 Å². The summed E-state index contributed by atoms with van der Waals surface area (Å²) in [5, 5.41) is 1.10. The van der Waals surface area contributed by atoms with Gasteiger partial charge in [-0.05, 0) is 12.1 Å². The molecule has 4 heteroatoms. The van der Waals surface area contributed by atoms with Crippen molar-refractivity contribution in [1.29, 1.82) is 0 Å². The summed E-state index contributed by atoms with van der Waals surface area (Å²) in [6.45, 7) is 2.25. The van der Waals surface area contributed by atoms with Gasteiger partial charge in [-0.15, -0.1) is 11.3 Å². The summed E-state index contributed by atoms with van der Waals surface area (Å²) in [6.07, 6.45) is 5.52. The van der Waals surface area contributed by atoms with Crippen LogP contribution >= 0.6 is 11.3 Å². The molecule has 0 amide bonds. The minimum atomic E-state index is 1.02. The van der Waals surface area contributed by atoms with E-state index in [1.54, 1.807) is 11.3 Å². The molecule has 0 radical (unpaired) electrons. The van der Waals surface area contributed by atoms with Gasteiger partial charge in [-0.3, -0.25) is 0 Å². The molecule has 1 aromatic carbocycles. The zero-order valence-electron chi connectivity index (χ0n) is 13.5. The summed E-state index contributed by atoms with van der Waals surface area (Å²) >= 11 is 1.75. The fraction of sp³-hybridized carbons (Fsp3) is 0.333. The van der Waals surface area contributed by atoms with Gasteiger partial charge in [0.15, 0.2) is 18.9 Å². The van der Waals surface area contributed by atoms with Crippen molar-refractivity contribution in [2.45, 2.75) is 13.0 Å². The van der Waals surface area contributed by atoms with E-state index in [9.17, 15) is 0 Å². The van der Waals surface area contributed by atoms with Crippen LogP contribution in [0.5, 0.6) is 0 Å². The van der Waals surface area contributed by atoms with E-state index < -0.39 is 0 Å². The number of fused-ring (bicyclic) bond motifs is 1. The van der Waals surface area contributed by atoms with Crippen LogP contribution in [0.3, 0.4) is 0 Å². The fourth-order valence-corrected chi connectivity index (χ4v) is 3.44. The molecule has 22 heavy (non-hydrogen) atoms. The van der Waals surface area contributed by atoms with E-state index >= 15 is 0 Å². The largest absolute Gasteiger partial charge is 0.331 e. The van der Waals surface area contributed by atoms with Crippen molar-refractivity contribution in [1.82, 2.24) is 4.98 Å². The Morgan fingerprint density at radius 3 is 2.45 bits per heavy atom. The molecule has 0 N–H and O–H groups in total. The molecule has 3 aromatic rings. The molecular weight excluding hydrogens is 290 g/mol. The lowest BCUT2D eigenvalue weighted by molar-refractivity contribution is -0.873. The number of pyridine rings is 1. The lowest BCUT2D eigenvalue weighted by Gasteiger charge is -2.22. The van der Waals surface area contributed by atoms with E-state index in [-0.39, 0.29) is 0 Å². The standard InChI is InChI=1S/C18H23N3S/c1-21(2,3)14-6-11-20-12-9-15(10-13-20)18-19-16-7-4-5-8-17(16)22-18/h4-5,7-10,12-13H,6,11,14H2,1-3H3/q+2. The number of nitrogens with zero attached hydrogens (tertiary/aromatic N) is 3. The van der Waals surface area contributed by atoms with Crippen molar-refractivity contribution in [3.8, 4) is 10.6 Å². The van der Waals surface area contributed by atoms with Crippen molar-refractivity contribution in [3.63, 3.8) is 0 Å². The number of aromatic nitrogens is 2. The zero-order chi connectivity index (χ0) is 15.6. The molecule has 0 saturated carbocycles. The molecule has 0 unspecified atom stereocenters. The Balaban J connectivity index is 1.71. The van der Waals surface area contributed by atoms with Gasteiger partial charge in [0.05, 0.1) is 44.3 Å². The molecule has 0 bridgehead atoms. The molecule has 2 heterocycles. The normalized spacial score (nSPS) is 12.0. The third-order valence-corrected chi connectivity index (χ3v) is 4.76. The summed E-state index contributed by atoms with van der Waals surface area (Å²) in [6, 6.07) is 12.6. The van der Waals surface area contributed by atoms with Gasteiger partial charge < -0.3 is 4.48 Å². The summed E-state index contributed by atoms with van der Waals surface area (Å²) in [5.41, 5.74) is 2.28. The van der Waals surface area contributed by atoms with E-state index in [1.807, 2.05) is 6.07 Å². The number of benzene rings is 1. The smallest absolute Gasteiger partial charge is 0.169 e. The fourth-order valence-electron chi connectivity index (χ4n) is 2.47. The summed E-state index contributed by atoms with van der Waals surface area (Å²) in [4.78, 5) is 4.71. The Morgan fingerprint density at radius 2 is 1.77 bits per heavy atom. The van der Waals surface area contributed by atoms with Crippen LogP contribution in [0, 0.1) is 0 Å². The molecule has 3 rings (SSSR count). The predicted octanol–water partition coefficient (Wildman–Crippen LogP) is 3.35. The topological polar surface area (TPSA) is 16.8 Å². The Kier molecular flexibility index (Phi) is 4.23. The highest BCUT2D eigenvalue weighted by Crippen LogP contribution is 2.29. The quantitative estimate of drug-likeness (QED) is 0.521. The second-order valence-electron chi connectivity index (χ2n) is 6.68. The third-order valence-electron chi connectivity index (χ3n) is 3.68. The lowest BCUT2D eigenvalue weighted by atomic mass is 10.2. The third kappa shape index (κ3) is 3.70. The zero-order valence-corrected chi connectivity index (χ0v) is 14.3. The minimum absolute atomic E-state index is 1.02. The molecule has 114 valence electrons. The molecule has 0 atom stereocenters. The lowest BCUT2D eigenvalue weighted by Crippen LogP contribution is -2.39. The van der Waals surface area contributed by atoms with E-state index in [2.05, 4.69) is 68.4 Å². The first kappa shape index (κ1) is 15.1.